The zero-order valence-corrected chi connectivity index (χ0v) is 13.9. The number of amides is 1. The highest BCUT2D eigenvalue weighted by Gasteiger charge is 2.38. The standard InChI is InChI=1S/C14H15ClN2O5S/c1-14(4-2-3-5-22-14)13(19)17-23(20,21)10-6-9(8-16)12(18)11(15)7-10/h6-7,18H,2-5H2,1H3,(H,17,19)/t14-/m1/s1. The lowest BCUT2D eigenvalue weighted by molar-refractivity contribution is -0.148. The molecule has 1 saturated heterocycles. The van der Waals surface area contributed by atoms with E-state index in [0.29, 0.717) is 13.0 Å². The number of ether oxygens (including phenoxy) is 1. The van der Waals surface area contributed by atoms with E-state index in [2.05, 4.69) is 0 Å². The van der Waals surface area contributed by atoms with Crippen molar-refractivity contribution in [2.45, 2.75) is 36.7 Å². The van der Waals surface area contributed by atoms with Crippen molar-refractivity contribution in [3.8, 4) is 11.8 Å². The Morgan fingerprint density at radius 1 is 1.48 bits per heavy atom. The molecular weight excluding hydrogens is 344 g/mol. The number of sulfonamides is 1. The van der Waals surface area contributed by atoms with Crippen molar-refractivity contribution >= 4 is 27.5 Å². The van der Waals surface area contributed by atoms with Crippen LogP contribution in [0.2, 0.25) is 5.02 Å². The van der Waals surface area contributed by atoms with Crippen molar-refractivity contribution in [1.82, 2.24) is 4.72 Å². The number of nitrogens with one attached hydrogen (secondary N) is 1. The molecule has 2 N–H and O–H groups in total. The number of hydrogen-bond acceptors (Lipinski definition) is 6. The fourth-order valence-electron chi connectivity index (χ4n) is 2.22. The van der Waals surface area contributed by atoms with Crippen molar-refractivity contribution in [1.29, 1.82) is 5.26 Å². The van der Waals surface area contributed by atoms with Gasteiger partial charge in [-0.05, 0) is 38.3 Å². The van der Waals surface area contributed by atoms with E-state index in [1.165, 1.54) is 6.92 Å². The molecule has 0 saturated carbocycles. The van der Waals surface area contributed by atoms with Gasteiger partial charge in [0, 0.05) is 6.61 Å². The summed E-state index contributed by atoms with van der Waals surface area (Å²) in [5, 5.41) is 18.2. The molecule has 9 heteroatoms. The van der Waals surface area contributed by atoms with Gasteiger partial charge >= 0.3 is 0 Å². The number of benzene rings is 1. The summed E-state index contributed by atoms with van der Waals surface area (Å²) in [7, 11) is -4.25. The summed E-state index contributed by atoms with van der Waals surface area (Å²) in [6.45, 7) is 1.91. The van der Waals surface area contributed by atoms with E-state index >= 15 is 0 Å². The monoisotopic (exact) mass is 358 g/mol. The Hall–Kier alpha value is -1.82. The molecule has 0 bridgehead atoms. The van der Waals surface area contributed by atoms with E-state index in [9.17, 15) is 18.3 Å². The van der Waals surface area contributed by atoms with Crippen molar-refractivity contribution in [3.05, 3.63) is 22.7 Å². The topological polar surface area (TPSA) is 116 Å². The van der Waals surface area contributed by atoms with E-state index in [4.69, 9.17) is 21.6 Å². The van der Waals surface area contributed by atoms with E-state index in [1.807, 2.05) is 4.72 Å². The maximum atomic E-state index is 12.3. The number of carbonyl (C=O) groups is 1. The van der Waals surface area contributed by atoms with Crippen molar-refractivity contribution < 1.29 is 23.1 Å². The van der Waals surface area contributed by atoms with Crippen molar-refractivity contribution in [2.75, 3.05) is 6.61 Å². The Bertz CT molecular complexity index is 779. The number of hydrogen-bond donors (Lipinski definition) is 2. The molecule has 0 aliphatic carbocycles. The van der Waals surface area contributed by atoms with Crippen LogP contribution in [0.1, 0.15) is 31.7 Å². The molecular formula is C14H15ClN2O5S. The molecule has 0 unspecified atom stereocenters. The Morgan fingerprint density at radius 2 is 2.17 bits per heavy atom. The molecule has 1 aromatic carbocycles. The molecule has 0 radical (unpaired) electrons. The van der Waals surface area contributed by atoms with Gasteiger partial charge in [-0.3, -0.25) is 4.79 Å². The first-order valence-corrected chi connectivity index (χ1v) is 8.69. The van der Waals surface area contributed by atoms with Crippen LogP contribution in [0.15, 0.2) is 17.0 Å². The zero-order valence-electron chi connectivity index (χ0n) is 12.3. The molecule has 0 spiro atoms. The zero-order chi connectivity index (χ0) is 17.3. The summed E-state index contributed by atoms with van der Waals surface area (Å²) in [6.07, 6.45) is 1.98. The Balaban J connectivity index is 2.31. The molecule has 1 atom stereocenters. The number of nitrogens with zero attached hydrogens (tertiary/aromatic N) is 1. The Labute approximate surface area is 138 Å². The molecule has 124 valence electrons. The van der Waals surface area contributed by atoms with Crippen LogP contribution in [0, 0.1) is 11.3 Å². The first-order chi connectivity index (χ1) is 10.7. The highest BCUT2D eigenvalue weighted by atomic mass is 35.5. The number of halogens is 1. The molecule has 2 rings (SSSR count). The summed E-state index contributed by atoms with van der Waals surface area (Å²) in [4.78, 5) is 11.9. The second kappa shape index (κ2) is 6.35. The average molecular weight is 359 g/mol. The molecule has 1 aliphatic rings. The fraction of sp³-hybridized carbons (Fsp3) is 0.429. The van der Waals surface area contributed by atoms with Crippen molar-refractivity contribution in [2.24, 2.45) is 0 Å². The van der Waals surface area contributed by atoms with Crippen LogP contribution in [0.5, 0.6) is 5.75 Å². The maximum Gasteiger partial charge on any atom is 0.265 e. The molecule has 7 nitrogen and oxygen atoms in total. The van der Waals surface area contributed by atoms with Crippen LogP contribution in [-0.2, 0) is 19.6 Å². The predicted octanol–water partition coefficient (Wildman–Crippen LogP) is 1.68. The number of carbonyl (C=O) groups excluding carboxylic acids is 1. The SMILES string of the molecule is C[C@]1(C(=O)NS(=O)(=O)c2cc(Cl)c(O)c(C#N)c2)CCCCO1. The summed E-state index contributed by atoms with van der Waals surface area (Å²) >= 11 is 5.71. The second-order valence-electron chi connectivity index (χ2n) is 5.38. The first kappa shape index (κ1) is 17.5. The van der Waals surface area contributed by atoms with Gasteiger partial charge in [0.1, 0.15) is 11.7 Å². The van der Waals surface area contributed by atoms with Gasteiger partial charge in [-0.25, -0.2) is 13.1 Å². The lowest BCUT2D eigenvalue weighted by Gasteiger charge is -2.32. The number of phenolic OH excluding ortho intramolecular Hbond substituents is 1. The van der Waals surface area contributed by atoms with E-state index < -0.39 is 27.3 Å². The average Bonchev–Trinajstić information content (AvgIpc) is 2.50. The molecule has 1 aromatic rings. The third-order valence-corrected chi connectivity index (χ3v) is 5.24. The summed E-state index contributed by atoms with van der Waals surface area (Å²) in [5.41, 5.74) is -1.52. The molecule has 0 aromatic heterocycles. The van der Waals surface area contributed by atoms with Crippen LogP contribution in [0.3, 0.4) is 0 Å². The minimum absolute atomic E-state index is 0.294. The summed E-state index contributed by atoms with van der Waals surface area (Å²) in [5.74, 6) is -1.29. The molecule has 23 heavy (non-hydrogen) atoms. The number of rotatable bonds is 3. The van der Waals surface area contributed by atoms with Gasteiger partial charge in [0.2, 0.25) is 0 Å². The van der Waals surface area contributed by atoms with Gasteiger partial charge in [0.15, 0.2) is 5.75 Å². The van der Waals surface area contributed by atoms with E-state index in [0.717, 1.165) is 25.0 Å². The van der Waals surface area contributed by atoms with E-state index in [1.54, 1.807) is 6.07 Å². The van der Waals surface area contributed by atoms with Crippen molar-refractivity contribution in [3.63, 3.8) is 0 Å². The minimum Gasteiger partial charge on any atom is -0.505 e. The third kappa shape index (κ3) is 3.58. The van der Waals surface area contributed by atoms with Gasteiger partial charge in [0.05, 0.1) is 15.5 Å². The van der Waals surface area contributed by atoms with Gasteiger partial charge < -0.3 is 9.84 Å². The van der Waals surface area contributed by atoms with Crippen LogP contribution < -0.4 is 4.72 Å². The van der Waals surface area contributed by atoms with Gasteiger partial charge in [-0.2, -0.15) is 5.26 Å². The smallest absolute Gasteiger partial charge is 0.265 e. The molecule has 1 heterocycles. The Morgan fingerprint density at radius 3 is 2.74 bits per heavy atom. The molecule has 1 fully saturated rings. The quantitative estimate of drug-likeness (QED) is 0.849. The summed E-state index contributed by atoms with van der Waals surface area (Å²) in [6, 6.07) is 3.55. The largest absolute Gasteiger partial charge is 0.505 e. The Kier molecular flexibility index (Phi) is 4.84. The number of aromatic hydroxyl groups is 1. The fourth-order valence-corrected chi connectivity index (χ4v) is 3.62. The normalized spacial score (nSPS) is 21.4. The molecule has 1 amide bonds. The minimum atomic E-state index is -4.25. The van der Waals surface area contributed by atoms with Gasteiger partial charge in [-0.1, -0.05) is 11.6 Å². The highest BCUT2D eigenvalue weighted by Crippen LogP contribution is 2.31. The first-order valence-electron chi connectivity index (χ1n) is 6.83. The number of phenols is 1. The van der Waals surface area contributed by atoms with Crippen LogP contribution >= 0.6 is 11.6 Å². The second-order valence-corrected chi connectivity index (χ2v) is 7.47. The van der Waals surface area contributed by atoms with Crippen LogP contribution in [-0.4, -0.2) is 31.6 Å². The van der Waals surface area contributed by atoms with Crippen LogP contribution in [0.25, 0.3) is 0 Å². The van der Waals surface area contributed by atoms with Crippen LogP contribution in [0.4, 0.5) is 0 Å². The lowest BCUT2D eigenvalue weighted by atomic mass is 9.95. The summed E-state index contributed by atoms with van der Waals surface area (Å²) < 4.78 is 32.0. The molecule has 1 aliphatic heterocycles. The third-order valence-electron chi connectivity index (χ3n) is 3.64. The highest BCUT2D eigenvalue weighted by molar-refractivity contribution is 7.90. The predicted molar refractivity (Wildman–Crippen MR) is 81.4 cm³/mol. The number of nitriles is 1. The van der Waals surface area contributed by atoms with Gasteiger partial charge in [-0.15, -0.1) is 0 Å². The van der Waals surface area contributed by atoms with E-state index in [-0.39, 0.29) is 15.5 Å². The lowest BCUT2D eigenvalue weighted by Crippen LogP contribution is -2.50. The van der Waals surface area contributed by atoms with Gasteiger partial charge in [0.25, 0.3) is 15.9 Å². The maximum absolute atomic E-state index is 12.3.